The Morgan fingerprint density at radius 2 is 1.89 bits per heavy atom. The van der Waals surface area contributed by atoms with Gasteiger partial charge >= 0.3 is 0 Å². The smallest absolute Gasteiger partial charge is 0.239 e. The number of halogens is 2. The Balaban J connectivity index is 2.56. The van der Waals surface area contributed by atoms with Crippen molar-refractivity contribution in [3.63, 3.8) is 0 Å². The van der Waals surface area contributed by atoms with Gasteiger partial charge in [-0.3, -0.25) is 4.79 Å². The standard InChI is InChI=1S/C12H17Cl2N3O/c1-7(2)5-16-11(18)6-17-12-9(13)3-8(15)4-10(12)14/h3-4,7,17H,5-6,15H2,1-2H3,(H,16,18). The molecule has 0 radical (unpaired) electrons. The molecule has 0 spiro atoms. The van der Waals surface area contributed by atoms with Crippen LogP contribution in [-0.4, -0.2) is 19.0 Å². The van der Waals surface area contributed by atoms with Crippen LogP contribution in [-0.2, 0) is 4.79 Å². The zero-order valence-electron chi connectivity index (χ0n) is 10.4. The van der Waals surface area contributed by atoms with Crippen molar-refractivity contribution in [3.8, 4) is 0 Å². The van der Waals surface area contributed by atoms with Crippen molar-refractivity contribution in [1.82, 2.24) is 5.32 Å². The zero-order chi connectivity index (χ0) is 13.7. The van der Waals surface area contributed by atoms with Gasteiger partial charge in [0.1, 0.15) is 0 Å². The predicted octanol–water partition coefficient (Wildman–Crippen LogP) is 2.76. The third-order valence-electron chi connectivity index (χ3n) is 2.20. The molecule has 1 rings (SSSR count). The molecule has 0 heterocycles. The Labute approximate surface area is 117 Å². The third kappa shape index (κ3) is 4.63. The number of nitrogens with two attached hydrogens (primary N) is 1. The van der Waals surface area contributed by atoms with Crippen LogP contribution in [0.4, 0.5) is 11.4 Å². The lowest BCUT2D eigenvalue weighted by Gasteiger charge is -2.12. The molecule has 0 aliphatic heterocycles. The SMILES string of the molecule is CC(C)CNC(=O)CNc1c(Cl)cc(N)cc1Cl. The molecule has 0 atom stereocenters. The Morgan fingerprint density at radius 3 is 2.39 bits per heavy atom. The summed E-state index contributed by atoms with van der Waals surface area (Å²) in [6.45, 7) is 4.82. The molecule has 18 heavy (non-hydrogen) atoms. The van der Waals surface area contributed by atoms with Crippen LogP contribution >= 0.6 is 23.2 Å². The lowest BCUT2D eigenvalue weighted by atomic mass is 10.2. The Hall–Kier alpha value is -1.13. The molecule has 0 aliphatic rings. The van der Waals surface area contributed by atoms with Crippen molar-refractivity contribution in [2.24, 2.45) is 5.92 Å². The molecule has 4 N–H and O–H groups in total. The fraction of sp³-hybridized carbons (Fsp3) is 0.417. The van der Waals surface area contributed by atoms with E-state index in [0.717, 1.165) is 0 Å². The van der Waals surface area contributed by atoms with E-state index in [1.165, 1.54) is 0 Å². The highest BCUT2D eigenvalue weighted by atomic mass is 35.5. The molecule has 0 saturated carbocycles. The first-order valence-electron chi connectivity index (χ1n) is 5.65. The van der Waals surface area contributed by atoms with E-state index < -0.39 is 0 Å². The van der Waals surface area contributed by atoms with E-state index in [0.29, 0.717) is 33.9 Å². The Bertz CT molecular complexity index is 412. The van der Waals surface area contributed by atoms with E-state index >= 15 is 0 Å². The Morgan fingerprint density at radius 1 is 1.33 bits per heavy atom. The number of nitrogens with one attached hydrogen (secondary N) is 2. The van der Waals surface area contributed by atoms with Gasteiger partial charge in [0.15, 0.2) is 0 Å². The van der Waals surface area contributed by atoms with Gasteiger partial charge in [-0.2, -0.15) is 0 Å². The number of hydrogen-bond donors (Lipinski definition) is 3. The van der Waals surface area contributed by atoms with Crippen LogP contribution in [0.2, 0.25) is 10.0 Å². The van der Waals surface area contributed by atoms with E-state index in [2.05, 4.69) is 10.6 Å². The maximum absolute atomic E-state index is 11.5. The highest BCUT2D eigenvalue weighted by molar-refractivity contribution is 6.39. The largest absolute Gasteiger partial charge is 0.399 e. The van der Waals surface area contributed by atoms with E-state index in [4.69, 9.17) is 28.9 Å². The van der Waals surface area contributed by atoms with Gasteiger partial charge in [-0.1, -0.05) is 37.0 Å². The summed E-state index contributed by atoms with van der Waals surface area (Å²) in [6, 6.07) is 3.17. The van der Waals surface area contributed by atoms with E-state index in [9.17, 15) is 4.79 Å². The number of anilines is 2. The monoisotopic (exact) mass is 289 g/mol. The van der Waals surface area contributed by atoms with Gasteiger partial charge in [-0.05, 0) is 18.1 Å². The van der Waals surface area contributed by atoms with Gasteiger partial charge in [0.05, 0.1) is 22.3 Å². The molecular weight excluding hydrogens is 273 g/mol. The van der Waals surface area contributed by atoms with Crippen molar-refractivity contribution in [2.45, 2.75) is 13.8 Å². The van der Waals surface area contributed by atoms with E-state index in [1.54, 1.807) is 12.1 Å². The van der Waals surface area contributed by atoms with Crippen molar-refractivity contribution < 1.29 is 4.79 Å². The van der Waals surface area contributed by atoms with Gasteiger partial charge in [0.2, 0.25) is 5.91 Å². The van der Waals surface area contributed by atoms with Crippen LogP contribution in [0.25, 0.3) is 0 Å². The predicted molar refractivity (Wildman–Crippen MR) is 77.2 cm³/mol. The van der Waals surface area contributed by atoms with Gasteiger partial charge in [0, 0.05) is 12.2 Å². The fourth-order valence-electron chi connectivity index (χ4n) is 1.31. The van der Waals surface area contributed by atoms with Gasteiger partial charge in [-0.25, -0.2) is 0 Å². The number of nitrogen functional groups attached to an aromatic ring is 1. The second kappa shape index (κ2) is 6.71. The number of rotatable bonds is 5. The zero-order valence-corrected chi connectivity index (χ0v) is 11.9. The molecular formula is C12H17Cl2N3O. The lowest BCUT2D eigenvalue weighted by Crippen LogP contribution is -2.32. The fourth-order valence-corrected chi connectivity index (χ4v) is 1.95. The number of benzene rings is 1. The molecule has 4 nitrogen and oxygen atoms in total. The summed E-state index contributed by atoms with van der Waals surface area (Å²) < 4.78 is 0. The molecule has 1 amide bonds. The molecule has 0 bridgehead atoms. The first-order chi connectivity index (χ1) is 8.40. The molecule has 0 aliphatic carbocycles. The molecule has 6 heteroatoms. The summed E-state index contributed by atoms with van der Waals surface area (Å²) in [7, 11) is 0. The summed E-state index contributed by atoms with van der Waals surface area (Å²) >= 11 is 12.0. The minimum atomic E-state index is -0.104. The normalized spacial score (nSPS) is 10.5. The average molecular weight is 290 g/mol. The quantitative estimate of drug-likeness (QED) is 0.730. The van der Waals surface area contributed by atoms with Gasteiger partial charge < -0.3 is 16.4 Å². The molecule has 0 saturated heterocycles. The molecule has 100 valence electrons. The number of amides is 1. The third-order valence-corrected chi connectivity index (χ3v) is 2.79. The summed E-state index contributed by atoms with van der Waals surface area (Å²) in [5.41, 5.74) is 6.60. The lowest BCUT2D eigenvalue weighted by molar-refractivity contribution is -0.119. The number of carbonyl (C=O) groups excluding carboxylic acids is 1. The van der Waals surface area contributed by atoms with Gasteiger partial charge in [-0.15, -0.1) is 0 Å². The molecule has 0 fully saturated rings. The first-order valence-corrected chi connectivity index (χ1v) is 6.41. The van der Waals surface area contributed by atoms with Crippen molar-refractivity contribution in [1.29, 1.82) is 0 Å². The second-order valence-electron chi connectivity index (χ2n) is 4.41. The number of carbonyl (C=O) groups is 1. The van der Waals surface area contributed by atoms with Crippen LogP contribution in [0.5, 0.6) is 0 Å². The summed E-state index contributed by atoms with van der Waals surface area (Å²) in [4.78, 5) is 11.5. The van der Waals surface area contributed by atoms with E-state index in [-0.39, 0.29) is 12.5 Å². The molecule has 1 aromatic carbocycles. The molecule has 0 aromatic heterocycles. The number of hydrogen-bond acceptors (Lipinski definition) is 3. The summed E-state index contributed by atoms with van der Waals surface area (Å²) in [5, 5.41) is 6.49. The van der Waals surface area contributed by atoms with Crippen molar-refractivity contribution >= 4 is 40.5 Å². The maximum atomic E-state index is 11.5. The second-order valence-corrected chi connectivity index (χ2v) is 5.23. The van der Waals surface area contributed by atoms with Crippen LogP contribution in [0, 0.1) is 5.92 Å². The van der Waals surface area contributed by atoms with Gasteiger partial charge in [0.25, 0.3) is 0 Å². The van der Waals surface area contributed by atoms with Crippen LogP contribution in [0.1, 0.15) is 13.8 Å². The first kappa shape index (κ1) is 14.9. The highest BCUT2D eigenvalue weighted by Crippen LogP contribution is 2.32. The average Bonchev–Trinajstić information content (AvgIpc) is 2.24. The highest BCUT2D eigenvalue weighted by Gasteiger charge is 2.09. The van der Waals surface area contributed by atoms with Crippen LogP contribution in [0.15, 0.2) is 12.1 Å². The summed E-state index contributed by atoms with van der Waals surface area (Å²) in [5.74, 6) is 0.310. The Kier molecular flexibility index (Phi) is 5.56. The van der Waals surface area contributed by atoms with E-state index in [1.807, 2.05) is 13.8 Å². The van der Waals surface area contributed by atoms with Crippen LogP contribution in [0.3, 0.4) is 0 Å². The van der Waals surface area contributed by atoms with Crippen molar-refractivity contribution in [3.05, 3.63) is 22.2 Å². The molecule has 1 aromatic rings. The van der Waals surface area contributed by atoms with Crippen molar-refractivity contribution in [2.75, 3.05) is 24.1 Å². The molecule has 0 unspecified atom stereocenters. The topological polar surface area (TPSA) is 67.2 Å². The summed E-state index contributed by atoms with van der Waals surface area (Å²) in [6.07, 6.45) is 0. The minimum Gasteiger partial charge on any atom is -0.399 e. The minimum absolute atomic E-state index is 0.104. The maximum Gasteiger partial charge on any atom is 0.239 e. The van der Waals surface area contributed by atoms with Crippen LogP contribution < -0.4 is 16.4 Å².